The molecule has 1 aromatic rings. The standard InChI is InChI=1S/C20H23Cl2N3O5/c1-30-19(29)12-20(16(26)11-17(27)23-20)3-2-18(28)25-6-4-24(5-7-25)15-9-13(21)8-14(22)10-15/h8-10H,2-7,11-12H2,1H3,(H,23,27). The van der Waals surface area contributed by atoms with E-state index >= 15 is 0 Å². The van der Waals surface area contributed by atoms with Crippen LogP contribution < -0.4 is 10.2 Å². The van der Waals surface area contributed by atoms with Gasteiger partial charge in [-0.05, 0) is 24.6 Å². The van der Waals surface area contributed by atoms with Gasteiger partial charge in [0.2, 0.25) is 11.8 Å². The smallest absolute Gasteiger partial charge is 0.308 e. The number of Topliss-reactive ketones (excluding diaryl/α,β-unsaturated/α-hetero) is 1. The molecule has 30 heavy (non-hydrogen) atoms. The number of carbonyl (C=O) groups is 4. The molecule has 3 rings (SSSR count). The third-order valence-corrected chi connectivity index (χ3v) is 5.95. The van der Waals surface area contributed by atoms with Crippen LogP contribution in [0.2, 0.25) is 10.0 Å². The average molecular weight is 456 g/mol. The van der Waals surface area contributed by atoms with Crippen molar-refractivity contribution in [2.45, 2.75) is 31.2 Å². The van der Waals surface area contributed by atoms with Crippen LogP contribution in [-0.4, -0.2) is 67.3 Å². The van der Waals surface area contributed by atoms with Gasteiger partial charge in [-0.2, -0.15) is 0 Å². The second-order valence-electron chi connectivity index (χ2n) is 7.48. The highest BCUT2D eigenvalue weighted by molar-refractivity contribution is 6.35. The second kappa shape index (κ2) is 9.22. The fourth-order valence-electron chi connectivity index (χ4n) is 3.86. The molecule has 2 aliphatic rings. The van der Waals surface area contributed by atoms with Crippen molar-refractivity contribution in [2.75, 3.05) is 38.2 Å². The summed E-state index contributed by atoms with van der Waals surface area (Å²) >= 11 is 12.1. The van der Waals surface area contributed by atoms with Crippen molar-refractivity contribution in [2.24, 2.45) is 0 Å². The predicted octanol–water partition coefficient (Wildman–Crippen LogP) is 1.81. The number of piperazine rings is 1. The number of carbonyl (C=O) groups excluding carboxylic acids is 4. The Hall–Kier alpha value is -2.32. The summed E-state index contributed by atoms with van der Waals surface area (Å²) in [5.41, 5.74) is -0.463. The topological polar surface area (TPSA) is 96.0 Å². The van der Waals surface area contributed by atoms with Gasteiger partial charge in [0.1, 0.15) is 5.54 Å². The number of methoxy groups -OCH3 is 1. The third kappa shape index (κ3) is 5.05. The molecule has 0 radical (unpaired) electrons. The van der Waals surface area contributed by atoms with Crippen molar-refractivity contribution in [3.63, 3.8) is 0 Å². The molecule has 0 aliphatic carbocycles. The first-order valence-corrected chi connectivity index (χ1v) is 10.4. The molecule has 0 aromatic heterocycles. The highest BCUT2D eigenvalue weighted by atomic mass is 35.5. The minimum atomic E-state index is -1.36. The summed E-state index contributed by atoms with van der Waals surface area (Å²) < 4.78 is 4.65. The highest BCUT2D eigenvalue weighted by Crippen LogP contribution is 2.28. The van der Waals surface area contributed by atoms with Gasteiger partial charge in [0.25, 0.3) is 0 Å². The van der Waals surface area contributed by atoms with Crippen molar-refractivity contribution in [1.29, 1.82) is 0 Å². The van der Waals surface area contributed by atoms with Crippen LogP contribution >= 0.6 is 23.2 Å². The molecule has 2 aliphatic heterocycles. The van der Waals surface area contributed by atoms with Gasteiger partial charge < -0.3 is 19.9 Å². The summed E-state index contributed by atoms with van der Waals surface area (Å²) in [6.45, 7) is 2.25. The van der Waals surface area contributed by atoms with Gasteiger partial charge in [-0.15, -0.1) is 0 Å². The van der Waals surface area contributed by atoms with Gasteiger partial charge in [-0.1, -0.05) is 23.2 Å². The van der Waals surface area contributed by atoms with Crippen molar-refractivity contribution < 1.29 is 23.9 Å². The zero-order valence-electron chi connectivity index (χ0n) is 16.6. The number of halogens is 2. The molecule has 1 atom stereocenters. The van der Waals surface area contributed by atoms with E-state index in [1.54, 1.807) is 11.0 Å². The minimum absolute atomic E-state index is 0.0476. The van der Waals surface area contributed by atoms with E-state index in [2.05, 4.69) is 15.0 Å². The van der Waals surface area contributed by atoms with E-state index in [1.807, 2.05) is 12.1 Å². The van der Waals surface area contributed by atoms with Crippen LogP contribution in [0.4, 0.5) is 5.69 Å². The number of hydrogen-bond donors (Lipinski definition) is 1. The third-order valence-electron chi connectivity index (χ3n) is 5.52. The molecule has 1 aromatic carbocycles. The Morgan fingerprint density at radius 3 is 2.27 bits per heavy atom. The molecule has 2 amide bonds. The normalized spacial score (nSPS) is 21.6. The lowest BCUT2D eigenvalue weighted by atomic mass is 9.86. The van der Waals surface area contributed by atoms with Crippen LogP contribution in [-0.2, 0) is 23.9 Å². The summed E-state index contributed by atoms with van der Waals surface area (Å²) in [7, 11) is 1.22. The number of rotatable bonds is 6. The van der Waals surface area contributed by atoms with Crippen LogP contribution in [0.1, 0.15) is 25.7 Å². The van der Waals surface area contributed by atoms with Crippen molar-refractivity contribution in [3.8, 4) is 0 Å². The van der Waals surface area contributed by atoms with E-state index in [-0.39, 0.29) is 37.4 Å². The molecular weight excluding hydrogens is 433 g/mol. The maximum Gasteiger partial charge on any atom is 0.308 e. The van der Waals surface area contributed by atoms with E-state index in [4.69, 9.17) is 23.2 Å². The molecule has 2 heterocycles. The Kier molecular flexibility index (Phi) is 6.88. The lowest BCUT2D eigenvalue weighted by Crippen LogP contribution is -2.51. The average Bonchev–Trinajstić information content (AvgIpc) is 2.98. The number of nitrogens with zero attached hydrogens (tertiary/aromatic N) is 2. The van der Waals surface area contributed by atoms with Crippen LogP contribution in [0.25, 0.3) is 0 Å². The first-order valence-electron chi connectivity index (χ1n) is 9.62. The van der Waals surface area contributed by atoms with E-state index in [0.717, 1.165) is 5.69 Å². The lowest BCUT2D eigenvalue weighted by molar-refractivity contribution is -0.145. The van der Waals surface area contributed by atoms with Crippen LogP contribution in [0.3, 0.4) is 0 Å². The number of nitrogens with one attached hydrogen (secondary N) is 1. The summed E-state index contributed by atoms with van der Waals surface area (Å²) in [5, 5.41) is 3.69. The van der Waals surface area contributed by atoms with Crippen molar-refractivity contribution >= 4 is 52.5 Å². The molecule has 162 valence electrons. The maximum atomic E-state index is 12.7. The molecule has 8 nitrogen and oxygen atoms in total. The number of benzene rings is 1. The molecule has 2 fully saturated rings. The zero-order chi connectivity index (χ0) is 21.9. The van der Waals surface area contributed by atoms with Crippen LogP contribution in [0.15, 0.2) is 18.2 Å². The van der Waals surface area contributed by atoms with Crippen molar-refractivity contribution in [1.82, 2.24) is 10.2 Å². The first-order chi connectivity index (χ1) is 14.2. The van der Waals surface area contributed by atoms with Gasteiger partial charge in [0, 0.05) is 48.3 Å². The SMILES string of the molecule is COC(=O)CC1(CCC(=O)N2CCN(c3cc(Cl)cc(Cl)c3)CC2)NC(=O)CC1=O. The zero-order valence-corrected chi connectivity index (χ0v) is 18.1. The van der Waals surface area contributed by atoms with E-state index in [9.17, 15) is 19.2 Å². The first kappa shape index (κ1) is 22.4. The number of amides is 2. The molecule has 1 N–H and O–H groups in total. The highest BCUT2D eigenvalue weighted by Gasteiger charge is 2.47. The Bertz CT molecular complexity index is 850. The summed E-state index contributed by atoms with van der Waals surface area (Å²) in [4.78, 5) is 52.3. The number of esters is 1. The number of ether oxygens (including phenoxy) is 1. The number of hydrogen-bond acceptors (Lipinski definition) is 6. The Balaban J connectivity index is 1.58. The number of ketones is 1. The second-order valence-corrected chi connectivity index (χ2v) is 8.35. The molecule has 10 heteroatoms. The monoisotopic (exact) mass is 455 g/mol. The predicted molar refractivity (Wildman–Crippen MR) is 112 cm³/mol. The molecular formula is C20H23Cl2N3O5. The van der Waals surface area contributed by atoms with Gasteiger partial charge in [-0.3, -0.25) is 19.2 Å². The van der Waals surface area contributed by atoms with Crippen LogP contribution in [0.5, 0.6) is 0 Å². The Morgan fingerprint density at radius 2 is 1.73 bits per heavy atom. The van der Waals surface area contributed by atoms with E-state index in [0.29, 0.717) is 36.2 Å². The molecule has 2 saturated heterocycles. The van der Waals surface area contributed by atoms with Crippen LogP contribution in [0, 0.1) is 0 Å². The van der Waals surface area contributed by atoms with E-state index in [1.165, 1.54) is 7.11 Å². The quantitative estimate of drug-likeness (QED) is 0.518. The number of anilines is 1. The van der Waals surface area contributed by atoms with Gasteiger partial charge in [0.05, 0.1) is 20.0 Å². The minimum Gasteiger partial charge on any atom is -0.469 e. The molecule has 0 bridgehead atoms. The summed E-state index contributed by atoms with van der Waals surface area (Å²) in [6.07, 6.45) is -0.446. The fraction of sp³-hybridized carbons (Fsp3) is 0.500. The summed E-state index contributed by atoms with van der Waals surface area (Å²) in [6, 6.07) is 5.32. The maximum absolute atomic E-state index is 12.7. The van der Waals surface area contributed by atoms with Gasteiger partial charge >= 0.3 is 5.97 Å². The molecule has 0 saturated carbocycles. The van der Waals surface area contributed by atoms with Gasteiger partial charge in [0.15, 0.2) is 5.78 Å². The fourth-order valence-corrected chi connectivity index (χ4v) is 4.38. The lowest BCUT2D eigenvalue weighted by Gasteiger charge is -2.37. The largest absolute Gasteiger partial charge is 0.469 e. The van der Waals surface area contributed by atoms with E-state index < -0.39 is 17.4 Å². The Labute approximate surface area is 184 Å². The Morgan fingerprint density at radius 1 is 1.10 bits per heavy atom. The van der Waals surface area contributed by atoms with Crippen molar-refractivity contribution in [3.05, 3.63) is 28.2 Å². The van der Waals surface area contributed by atoms with Gasteiger partial charge in [-0.25, -0.2) is 0 Å². The molecule has 1 unspecified atom stereocenters. The molecule has 0 spiro atoms. The summed E-state index contributed by atoms with van der Waals surface area (Å²) in [5.74, 6) is -1.55.